The van der Waals surface area contributed by atoms with Gasteiger partial charge >= 0.3 is 0 Å². The maximum absolute atomic E-state index is 12.3. The Kier molecular flexibility index (Phi) is 6.37. The summed E-state index contributed by atoms with van der Waals surface area (Å²) < 4.78 is 0.737. The van der Waals surface area contributed by atoms with Gasteiger partial charge < -0.3 is 5.32 Å². The number of carbonyl (C=O) groups excluding carboxylic acids is 2. The van der Waals surface area contributed by atoms with Gasteiger partial charge in [-0.25, -0.2) is 0 Å². The van der Waals surface area contributed by atoms with Crippen LogP contribution in [0.15, 0.2) is 52.9 Å². The maximum Gasteiger partial charge on any atom is 0.257 e. The van der Waals surface area contributed by atoms with Crippen LogP contribution in [0.2, 0.25) is 0 Å². The quantitative estimate of drug-likeness (QED) is 0.472. The molecule has 2 amide bonds. The van der Waals surface area contributed by atoms with E-state index in [9.17, 15) is 9.59 Å². The number of thioether (sulfide) groups is 1. The molecule has 2 aromatic carbocycles. The molecule has 1 aromatic heterocycles. The fourth-order valence-corrected chi connectivity index (χ4v) is 3.92. The summed E-state index contributed by atoms with van der Waals surface area (Å²) in [5, 5.41) is 22.7. The van der Waals surface area contributed by atoms with Gasteiger partial charge in [0.05, 0.1) is 11.6 Å². The zero-order chi connectivity index (χ0) is 19.9. The number of anilines is 2. The standard InChI is InChI=1S/C19H15N5O2S2/c1-12(25)21-16-8-6-15(7-9-16)17(26)22-18-23-24-19(28-18)27-11-14-4-2-13(10-20)3-5-14/h2-9H,11H2,1H3,(H,21,25)(H,22,23,26). The molecule has 0 spiro atoms. The van der Waals surface area contributed by atoms with E-state index in [0.717, 1.165) is 9.90 Å². The molecule has 0 atom stereocenters. The van der Waals surface area contributed by atoms with Crippen molar-refractivity contribution in [2.75, 3.05) is 10.6 Å². The molecule has 0 saturated heterocycles. The van der Waals surface area contributed by atoms with Crippen molar-refractivity contribution in [3.05, 3.63) is 65.2 Å². The van der Waals surface area contributed by atoms with E-state index in [2.05, 4.69) is 26.9 Å². The van der Waals surface area contributed by atoms with Crippen molar-refractivity contribution in [3.63, 3.8) is 0 Å². The highest BCUT2D eigenvalue weighted by atomic mass is 32.2. The number of nitriles is 1. The third kappa shape index (κ3) is 5.39. The fraction of sp³-hybridized carbons (Fsp3) is 0.105. The topological polar surface area (TPSA) is 108 Å². The summed E-state index contributed by atoms with van der Waals surface area (Å²) in [7, 11) is 0. The lowest BCUT2D eigenvalue weighted by Crippen LogP contribution is -2.12. The molecule has 0 unspecified atom stereocenters. The van der Waals surface area contributed by atoms with Gasteiger partial charge in [-0.15, -0.1) is 10.2 Å². The van der Waals surface area contributed by atoms with E-state index in [0.29, 0.717) is 27.7 Å². The van der Waals surface area contributed by atoms with Crippen LogP contribution in [-0.4, -0.2) is 22.0 Å². The SMILES string of the molecule is CC(=O)Nc1ccc(C(=O)Nc2nnc(SCc3ccc(C#N)cc3)s2)cc1. The van der Waals surface area contributed by atoms with Crippen molar-refractivity contribution >= 4 is 45.7 Å². The van der Waals surface area contributed by atoms with Crippen LogP contribution in [0.4, 0.5) is 10.8 Å². The second-order valence-electron chi connectivity index (χ2n) is 5.68. The number of amides is 2. The first-order valence-corrected chi connectivity index (χ1v) is 9.98. The van der Waals surface area contributed by atoms with Crippen molar-refractivity contribution in [2.24, 2.45) is 0 Å². The van der Waals surface area contributed by atoms with Gasteiger partial charge in [0.1, 0.15) is 0 Å². The van der Waals surface area contributed by atoms with Crippen LogP contribution in [0.1, 0.15) is 28.4 Å². The third-order valence-corrected chi connectivity index (χ3v) is 5.58. The van der Waals surface area contributed by atoms with Crippen molar-refractivity contribution in [3.8, 4) is 6.07 Å². The lowest BCUT2D eigenvalue weighted by molar-refractivity contribution is -0.114. The van der Waals surface area contributed by atoms with Crippen LogP contribution in [-0.2, 0) is 10.5 Å². The molecule has 3 rings (SSSR count). The summed E-state index contributed by atoms with van der Waals surface area (Å²) in [6.45, 7) is 1.42. The summed E-state index contributed by atoms with van der Waals surface area (Å²) in [5.41, 5.74) is 2.78. The Bertz CT molecular complexity index is 1020. The van der Waals surface area contributed by atoms with Crippen LogP contribution in [0, 0.1) is 11.3 Å². The normalized spacial score (nSPS) is 10.1. The lowest BCUT2D eigenvalue weighted by Gasteiger charge is -2.04. The largest absolute Gasteiger partial charge is 0.326 e. The highest BCUT2D eigenvalue weighted by molar-refractivity contribution is 8.00. The van der Waals surface area contributed by atoms with Crippen molar-refractivity contribution in [1.82, 2.24) is 10.2 Å². The Morgan fingerprint density at radius 1 is 1.07 bits per heavy atom. The third-order valence-electron chi connectivity index (χ3n) is 3.54. The molecule has 0 radical (unpaired) electrons. The van der Waals surface area contributed by atoms with E-state index >= 15 is 0 Å². The predicted octanol–water partition coefficient (Wildman–Crippen LogP) is 3.91. The smallest absolute Gasteiger partial charge is 0.257 e. The highest BCUT2D eigenvalue weighted by Crippen LogP contribution is 2.28. The summed E-state index contributed by atoms with van der Waals surface area (Å²) in [6, 6.07) is 16.0. The average Bonchev–Trinajstić information content (AvgIpc) is 3.14. The number of nitrogens with one attached hydrogen (secondary N) is 2. The molecule has 140 valence electrons. The minimum absolute atomic E-state index is 0.169. The highest BCUT2D eigenvalue weighted by Gasteiger charge is 2.11. The Morgan fingerprint density at radius 3 is 2.43 bits per heavy atom. The zero-order valence-corrected chi connectivity index (χ0v) is 16.4. The first-order chi connectivity index (χ1) is 13.5. The lowest BCUT2D eigenvalue weighted by atomic mass is 10.2. The molecule has 0 aliphatic rings. The maximum atomic E-state index is 12.3. The minimum atomic E-state index is -0.297. The number of carbonyl (C=O) groups is 2. The average molecular weight is 409 g/mol. The number of nitrogens with zero attached hydrogens (tertiary/aromatic N) is 3. The van der Waals surface area contributed by atoms with Crippen LogP contribution in [0.5, 0.6) is 0 Å². The summed E-state index contributed by atoms with van der Waals surface area (Å²) in [5.74, 6) is 0.227. The van der Waals surface area contributed by atoms with Gasteiger partial charge in [0.2, 0.25) is 11.0 Å². The van der Waals surface area contributed by atoms with Gasteiger partial charge in [-0.3, -0.25) is 14.9 Å². The molecule has 2 N–H and O–H groups in total. The number of aromatic nitrogens is 2. The Morgan fingerprint density at radius 2 is 1.79 bits per heavy atom. The van der Waals surface area contributed by atoms with Gasteiger partial charge in [0.25, 0.3) is 5.91 Å². The van der Waals surface area contributed by atoms with Gasteiger partial charge in [0, 0.05) is 23.9 Å². The molecule has 1 heterocycles. The van der Waals surface area contributed by atoms with Crippen molar-refractivity contribution < 1.29 is 9.59 Å². The van der Waals surface area contributed by atoms with E-state index in [1.54, 1.807) is 36.4 Å². The number of hydrogen-bond acceptors (Lipinski definition) is 7. The first kappa shape index (κ1) is 19.5. The predicted molar refractivity (Wildman–Crippen MR) is 109 cm³/mol. The molecule has 3 aromatic rings. The van der Waals surface area contributed by atoms with Crippen molar-refractivity contribution in [2.45, 2.75) is 17.0 Å². The molecule has 0 bridgehead atoms. The number of hydrogen-bond donors (Lipinski definition) is 2. The minimum Gasteiger partial charge on any atom is -0.326 e. The monoisotopic (exact) mass is 409 g/mol. The first-order valence-electron chi connectivity index (χ1n) is 8.18. The van der Waals surface area contributed by atoms with E-state index < -0.39 is 0 Å². The Hall–Kier alpha value is -3.22. The number of rotatable bonds is 6. The van der Waals surface area contributed by atoms with Crippen LogP contribution < -0.4 is 10.6 Å². The molecule has 0 aliphatic carbocycles. The molecular formula is C19H15N5O2S2. The summed E-state index contributed by atoms with van der Waals surface area (Å²) in [4.78, 5) is 23.3. The molecule has 28 heavy (non-hydrogen) atoms. The van der Waals surface area contributed by atoms with E-state index in [1.165, 1.54) is 30.0 Å². The number of benzene rings is 2. The molecular weight excluding hydrogens is 394 g/mol. The molecule has 9 heteroatoms. The van der Waals surface area contributed by atoms with Gasteiger partial charge in [-0.1, -0.05) is 35.2 Å². The summed E-state index contributed by atoms with van der Waals surface area (Å²) >= 11 is 2.80. The fourth-order valence-electron chi connectivity index (χ4n) is 2.22. The van der Waals surface area contributed by atoms with Crippen LogP contribution >= 0.6 is 23.1 Å². The second kappa shape index (κ2) is 9.12. The van der Waals surface area contributed by atoms with Gasteiger partial charge in [0.15, 0.2) is 4.34 Å². The van der Waals surface area contributed by atoms with Crippen LogP contribution in [0.25, 0.3) is 0 Å². The van der Waals surface area contributed by atoms with Gasteiger partial charge in [-0.2, -0.15) is 5.26 Å². The van der Waals surface area contributed by atoms with Crippen molar-refractivity contribution in [1.29, 1.82) is 5.26 Å². The zero-order valence-electron chi connectivity index (χ0n) is 14.8. The second-order valence-corrected chi connectivity index (χ2v) is 7.88. The van der Waals surface area contributed by atoms with Crippen LogP contribution in [0.3, 0.4) is 0 Å². The Balaban J connectivity index is 1.55. The molecule has 0 saturated carbocycles. The molecule has 7 nitrogen and oxygen atoms in total. The van der Waals surface area contributed by atoms with E-state index in [1.807, 2.05) is 12.1 Å². The van der Waals surface area contributed by atoms with E-state index in [-0.39, 0.29) is 11.8 Å². The Labute approximate surface area is 169 Å². The van der Waals surface area contributed by atoms with E-state index in [4.69, 9.17) is 5.26 Å². The molecule has 0 fully saturated rings. The summed E-state index contributed by atoms with van der Waals surface area (Å²) in [6.07, 6.45) is 0. The van der Waals surface area contributed by atoms with Gasteiger partial charge in [-0.05, 0) is 42.0 Å². The molecule has 0 aliphatic heterocycles.